The summed E-state index contributed by atoms with van der Waals surface area (Å²) >= 11 is 0. The molecule has 2 aromatic rings. The van der Waals surface area contributed by atoms with Crippen LogP contribution in [0.4, 0.5) is 0 Å². The number of unbranched alkanes of at least 4 members (excludes halogenated alkanes) is 1. The third kappa shape index (κ3) is 8.08. The van der Waals surface area contributed by atoms with Crippen molar-refractivity contribution in [3.63, 3.8) is 0 Å². The van der Waals surface area contributed by atoms with Crippen molar-refractivity contribution < 1.29 is 19.1 Å². The first kappa shape index (κ1) is 27.2. The Labute approximate surface area is 204 Å². The van der Waals surface area contributed by atoms with Crippen LogP contribution in [-0.2, 0) is 22.6 Å². The van der Waals surface area contributed by atoms with Crippen LogP contribution < -0.4 is 14.8 Å². The number of aryl methyl sites for hydroxylation is 2. The lowest BCUT2D eigenvalue weighted by molar-refractivity contribution is -0.140. The number of hydrogen-bond acceptors (Lipinski definition) is 4. The van der Waals surface area contributed by atoms with Crippen LogP contribution in [0.1, 0.15) is 63.6 Å². The maximum Gasteiger partial charge on any atom is 0.242 e. The molecule has 6 nitrogen and oxygen atoms in total. The highest BCUT2D eigenvalue weighted by molar-refractivity contribution is 5.87. The van der Waals surface area contributed by atoms with Gasteiger partial charge in [-0.05, 0) is 69.4 Å². The van der Waals surface area contributed by atoms with Crippen LogP contribution in [-0.4, -0.2) is 42.5 Å². The van der Waals surface area contributed by atoms with E-state index in [2.05, 4.69) is 12.2 Å². The highest BCUT2D eigenvalue weighted by atomic mass is 16.5. The SMILES string of the molecule is CCCCNC(=O)[C@H](C)N(Cc1ccccc1C)C(=O)CCc1ccc(OCC)c(OCC)c1. The molecule has 0 heterocycles. The van der Waals surface area contributed by atoms with Crippen LogP contribution in [0.5, 0.6) is 11.5 Å². The van der Waals surface area contributed by atoms with Crippen molar-refractivity contribution in [2.75, 3.05) is 19.8 Å². The van der Waals surface area contributed by atoms with Crippen molar-refractivity contribution >= 4 is 11.8 Å². The van der Waals surface area contributed by atoms with Crippen molar-refractivity contribution in [1.82, 2.24) is 10.2 Å². The molecule has 1 atom stereocenters. The molecule has 34 heavy (non-hydrogen) atoms. The largest absolute Gasteiger partial charge is 0.490 e. The van der Waals surface area contributed by atoms with Crippen LogP contribution >= 0.6 is 0 Å². The standard InChI is InChI=1S/C28H40N2O4/c1-6-9-18-29-28(32)22(5)30(20-24-13-11-10-12-21(24)4)27(31)17-15-23-14-16-25(33-7-2)26(19-23)34-8-3/h10-14,16,19,22H,6-9,15,17-18,20H2,1-5H3,(H,29,32)/t22-/m0/s1. The van der Waals surface area contributed by atoms with E-state index in [0.29, 0.717) is 50.6 Å². The molecule has 6 heteroatoms. The average molecular weight is 469 g/mol. The molecule has 0 fully saturated rings. The summed E-state index contributed by atoms with van der Waals surface area (Å²) in [5.41, 5.74) is 3.15. The van der Waals surface area contributed by atoms with Gasteiger partial charge in [0.2, 0.25) is 11.8 Å². The van der Waals surface area contributed by atoms with E-state index in [1.54, 1.807) is 4.90 Å². The van der Waals surface area contributed by atoms with Gasteiger partial charge in [-0.2, -0.15) is 0 Å². The number of nitrogens with zero attached hydrogens (tertiary/aromatic N) is 1. The number of nitrogens with one attached hydrogen (secondary N) is 1. The average Bonchev–Trinajstić information content (AvgIpc) is 2.83. The molecule has 1 N–H and O–H groups in total. The summed E-state index contributed by atoms with van der Waals surface area (Å²) in [5, 5.41) is 2.97. The fourth-order valence-corrected chi connectivity index (χ4v) is 3.74. The summed E-state index contributed by atoms with van der Waals surface area (Å²) in [6.07, 6.45) is 2.79. The Morgan fingerprint density at radius 1 is 1.00 bits per heavy atom. The molecule has 186 valence electrons. The summed E-state index contributed by atoms with van der Waals surface area (Å²) < 4.78 is 11.4. The molecule has 0 bridgehead atoms. The molecule has 0 aliphatic heterocycles. The molecule has 0 saturated carbocycles. The van der Waals surface area contributed by atoms with Crippen LogP contribution in [0.15, 0.2) is 42.5 Å². The van der Waals surface area contributed by atoms with Crippen molar-refractivity contribution in [1.29, 1.82) is 0 Å². The Morgan fingerprint density at radius 2 is 1.71 bits per heavy atom. The van der Waals surface area contributed by atoms with E-state index in [-0.39, 0.29) is 11.8 Å². The molecule has 0 spiro atoms. The maximum atomic E-state index is 13.4. The molecule has 0 unspecified atom stereocenters. The molecule has 0 radical (unpaired) electrons. The number of carbonyl (C=O) groups is 2. The van der Waals surface area contributed by atoms with Gasteiger partial charge in [0, 0.05) is 19.5 Å². The minimum atomic E-state index is -0.553. The maximum absolute atomic E-state index is 13.4. The van der Waals surface area contributed by atoms with Crippen LogP contribution in [0, 0.1) is 6.92 Å². The van der Waals surface area contributed by atoms with Gasteiger partial charge in [0.15, 0.2) is 11.5 Å². The van der Waals surface area contributed by atoms with Crippen LogP contribution in [0.2, 0.25) is 0 Å². The number of ether oxygens (including phenoxy) is 2. The molecule has 0 aromatic heterocycles. The first-order valence-corrected chi connectivity index (χ1v) is 12.4. The Kier molecular flexibility index (Phi) is 11.4. The topological polar surface area (TPSA) is 67.9 Å². The second-order valence-electron chi connectivity index (χ2n) is 8.42. The van der Waals surface area contributed by atoms with E-state index >= 15 is 0 Å². The molecule has 2 rings (SSSR count). The number of hydrogen-bond donors (Lipinski definition) is 1. The first-order valence-electron chi connectivity index (χ1n) is 12.4. The second kappa shape index (κ2) is 14.3. The van der Waals surface area contributed by atoms with E-state index in [4.69, 9.17) is 9.47 Å². The summed E-state index contributed by atoms with van der Waals surface area (Å²) in [7, 11) is 0. The van der Waals surface area contributed by atoms with Crippen LogP contribution in [0.3, 0.4) is 0 Å². The predicted octanol–water partition coefficient (Wildman–Crippen LogP) is 5.06. The Bertz CT molecular complexity index is 928. The summed E-state index contributed by atoms with van der Waals surface area (Å²) in [6.45, 7) is 11.9. The van der Waals surface area contributed by atoms with Gasteiger partial charge < -0.3 is 19.7 Å². The number of rotatable bonds is 14. The van der Waals surface area contributed by atoms with E-state index in [0.717, 1.165) is 29.5 Å². The van der Waals surface area contributed by atoms with Gasteiger partial charge in [0.25, 0.3) is 0 Å². The summed E-state index contributed by atoms with van der Waals surface area (Å²) in [4.78, 5) is 27.9. The highest BCUT2D eigenvalue weighted by Crippen LogP contribution is 2.29. The van der Waals surface area contributed by atoms with Crippen LogP contribution in [0.25, 0.3) is 0 Å². The highest BCUT2D eigenvalue weighted by Gasteiger charge is 2.26. The van der Waals surface area contributed by atoms with Gasteiger partial charge in [0.05, 0.1) is 13.2 Å². The normalized spacial score (nSPS) is 11.6. The zero-order valence-corrected chi connectivity index (χ0v) is 21.4. The molecular formula is C28H40N2O4. The van der Waals surface area contributed by atoms with Gasteiger partial charge in [-0.1, -0.05) is 43.7 Å². The Balaban J connectivity index is 2.16. The Morgan fingerprint density at radius 3 is 2.38 bits per heavy atom. The lowest BCUT2D eigenvalue weighted by Crippen LogP contribution is -2.48. The minimum absolute atomic E-state index is 0.0479. The number of carbonyl (C=O) groups excluding carboxylic acids is 2. The zero-order chi connectivity index (χ0) is 24.9. The van der Waals surface area contributed by atoms with Gasteiger partial charge in [-0.25, -0.2) is 0 Å². The summed E-state index contributed by atoms with van der Waals surface area (Å²) in [5.74, 6) is 1.23. The smallest absolute Gasteiger partial charge is 0.242 e. The van der Waals surface area contributed by atoms with E-state index in [1.165, 1.54) is 0 Å². The lowest BCUT2D eigenvalue weighted by Gasteiger charge is -2.29. The molecule has 2 aromatic carbocycles. The zero-order valence-electron chi connectivity index (χ0n) is 21.4. The summed E-state index contributed by atoms with van der Waals surface area (Å²) in [6, 6.07) is 13.2. The quantitative estimate of drug-likeness (QED) is 0.394. The second-order valence-corrected chi connectivity index (χ2v) is 8.42. The van der Waals surface area contributed by atoms with Gasteiger partial charge in [0.1, 0.15) is 6.04 Å². The third-order valence-corrected chi connectivity index (χ3v) is 5.83. The van der Waals surface area contributed by atoms with E-state index < -0.39 is 6.04 Å². The minimum Gasteiger partial charge on any atom is -0.490 e. The number of benzene rings is 2. The number of amides is 2. The van der Waals surface area contributed by atoms with Crippen molar-refractivity contribution in [2.24, 2.45) is 0 Å². The fourth-order valence-electron chi connectivity index (χ4n) is 3.74. The molecule has 0 saturated heterocycles. The fraction of sp³-hybridized carbons (Fsp3) is 0.500. The van der Waals surface area contributed by atoms with Crippen molar-refractivity contribution in [3.8, 4) is 11.5 Å². The molecule has 0 aliphatic carbocycles. The van der Waals surface area contributed by atoms with Crippen molar-refractivity contribution in [2.45, 2.75) is 72.9 Å². The monoisotopic (exact) mass is 468 g/mol. The molecule has 0 aliphatic rings. The predicted molar refractivity (Wildman–Crippen MR) is 136 cm³/mol. The van der Waals surface area contributed by atoms with Gasteiger partial charge in [-0.15, -0.1) is 0 Å². The van der Waals surface area contributed by atoms with Gasteiger partial charge in [-0.3, -0.25) is 9.59 Å². The molecular weight excluding hydrogens is 428 g/mol. The van der Waals surface area contributed by atoms with E-state index in [1.807, 2.05) is 70.2 Å². The van der Waals surface area contributed by atoms with Gasteiger partial charge >= 0.3 is 0 Å². The lowest BCUT2D eigenvalue weighted by atomic mass is 10.1. The Hall–Kier alpha value is -3.02. The van der Waals surface area contributed by atoms with Crippen molar-refractivity contribution in [3.05, 3.63) is 59.2 Å². The molecule has 2 amide bonds. The third-order valence-electron chi connectivity index (χ3n) is 5.83. The first-order chi connectivity index (χ1) is 16.4. The van der Waals surface area contributed by atoms with E-state index in [9.17, 15) is 9.59 Å².